The van der Waals surface area contributed by atoms with Gasteiger partial charge in [-0.1, -0.05) is 56.9 Å². The van der Waals surface area contributed by atoms with E-state index in [0.29, 0.717) is 23.6 Å². The number of pyridine rings is 1. The number of amides is 1. The van der Waals surface area contributed by atoms with Crippen molar-refractivity contribution in [2.45, 2.75) is 44.3 Å². The Kier molecular flexibility index (Phi) is 5.86. The monoisotopic (exact) mass is 447 g/mol. The Morgan fingerprint density at radius 2 is 1.79 bits per heavy atom. The molecule has 4 rings (SSSR count). The van der Waals surface area contributed by atoms with E-state index in [-0.39, 0.29) is 12.3 Å². The van der Waals surface area contributed by atoms with Crippen molar-refractivity contribution in [2.75, 3.05) is 33.7 Å². The van der Waals surface area contributed by atoms with Crippen LogP contribution >= 0.6 is 0 Å². The summed E-state index contributed by atoms with van der Waals surface area (Å²) in [5.41, 5.74) is -0.0938. The number of hydrogen-bond donors (Lipinski definition) is 2. The van der Waals surface area contributed by atoms with Crippen LogP contribution in [0.2, 0.25) is 0 Å². The molecule has 0 unspecified atom stereocenters. The Morgan fingerprint density at radius 3 is 2.33 bits per heavy atom. The topological polar surface area (TPSA) is 76.9 Å². The lowest BCUT2D eigenvalue weighted by Gasteiger charge is -2.55. The number of likely N-dealkylation sites (tertiary alicyclic amines) is 2. The number of aliphatic hydroxyl groups is 2. The Labute approximate surface area is 196 Å². The lowest BCUT2D eigenvalue weighted by atomic mass is 9.62. The second-order valence-corrected chi connectivity index (χ2v) is 10.3. The van der Waals surface area contributed by atoms with Crippen LogP contribution in [0.15, 0.2) is 42.7 Å². The van der Waals surface area contributed by atoms with Gasteiger partial charge in [-0.05, 0) is 30.2 Å². The lowest BCUT2D eigenvalue weighted by molar-refractivity contribution is -0.137. The highest BCUT2D eigenvalue weighted by Gasteiger charge is 2.55. The molecule has 6 heteroatoms. The van der Waals surface area contributed by atoms with Crippen LogP contribution in [0, 0.1) is 17.3 Å². The highest BCUT2D eigenvalue weighted by molar-refractivity contribution is 5.90. The van der Waals surface area contributed by atoms with Crippen molar-refractivity contribution in [3.05, 3.63) is 65.0 Å². The second-order valence-electron chi connectivity index (χ2n) is 10.3. The number of likely N-dealkylation sites (N-methyl/N-ethyl adjacent to an activating group) is 1. The van der Waals surface area contributed by atoms with E-state index in [2.05, 4.69) is 54.6 Å². The van der Waals surface area contributed by atoms with Crippen LogP contribution in [-0.4, -0.2) is 70.2 Å². The molecule has 174 valence electrons. The van der Waals surface area contributed by atoms with E-state index in [1.807, 2.05) is 25.2 Å². The summed E-state index contributed by atoms with van der Waals surface area (Å²) in [4.78, 5) is 20.3. The third-order valence-electron chi connectivity index (χ3n) is 7.19. The summed E-state index contributed by atoms with van der Waals surface area (Å²) in [6, 6.07) is 9.99. The van der Waals surface area contributed by atoms with Gasteiger partial charge in [0.15, 0.2) is 0 Å². The molecule has 6 nitrogen and oxygen atoms in total. The molecule has 2 saturated heterocycles. The van der Waals surface area contributed by atoms with E-state index in [1.54, 1.807) is 19.4 Å². The maximum atomic E-state index is 12.3. The first kappa shape index (κ1) is 23.4. The summed E-state index contributed by atoms with van der Waals surface area (Å²) in [7, 11) is 3.70. The van der Waals surface area contributed by atoms with E-state index >= 15 is 0 Å². The lowest BCUT2D eigenvalue weighted by Crippen LogP contribution is -2.63. The second kappa shape index (κ2) is 8.25. The number of rotatable bonds is 4. The highest BCUT2D eigenvalue weighted by Crippen LogP contribution is 2.50. The van der Waals surface area contributed by atoms with Crippen molar-refractivity contribution in [3.8, 4) is 11.8 Å². The van der Waals surface area contributed by atoms with Gasteiger partial charge in [0.25, 0.3) is 5.91 Å². The molecule has 33 heavy (non-hydrogen) atoms. The molecule has 2 aliphatic rings. The molecular formula is C27H33N3O3. The SMILES string of the molecule is CC(C)c1ccc([C@](O)(c2cncc(C#C[C@]3(O)CCN(C)C3=O)c2)C2(C)CN(C)C2)cc1. The van der Waals surface area contributed by atoms with Gasteiger partial charge in [0.1, 0.15) is 5.60 Å². The normalized spacial score (nSPS) is 24.2. The van der Waals surface area contributed by atoms with Crippen LogP contribution in [0.5, 0.6) is 0 Å². The van der Waals surface area contributed by atoms with Gasteiger partial charge in [0.05, 0.1) is 0 Å². The molecule has 2 fully saturated rings. The van der Waals surface area contributed by atoms with E-state index in [0.717, 1.165) is 18.7 Å². The number of nitrogens with zero attached hydrogens (tertiary/aromatic N) is 3. The van der Waals surface area contributed by atoms with Crippen molar-refractivity contribution >= 4 is 5.91 Å². The third-order valence-corrected chi connectivity index (χ3v) is 7.19. The Bertz CT molecular complexity index is 1110. The number of hydrogen-bond acceptors (Lipinski definition) is 5. The quantitative estimate of drug-likeness (QED) is 0.704. The van der Waals surface area contributed by atoms with E-state index in [4.69, 9.17) is 0 Å². The molecular weight excluding hydrogens is 414 g/mol. The third kappa shape index (κ3) is 3.95. The van der Waals surface area contributed by atoms with Gasteiger partial charge in [0, 0.05) is 62.0 Å². The van der Waals surface area contributed by atoms with Gasteiger partial charge in [-0.15, -0.1) is 0 Å². The van der Waals surface area contributed by atoms with Crippen molar-refractivity contribution in [1.82, 2.24) is 14.8 Å². The number of carbonyl (C=O) groups is 1. The predicted octanol–water partition coefficient (Wildman–Crippen LogP) is 2.34. The summed E-state index contributed by atoms with van der Waals surface area (Å²) < 4.78 is 0. The largest absolute Gasteiger partial charge is 0.380 e. The summed E-state index contributed by atoms with van der Waals surface area (Å²) in [6.07, 6.45) is 3.56. The highest BCUT2D eigenvalue weighted by atomic mass is 16.3. The molecule has 3 heterocycles. The average molecular weight is 448 g/mol. The van der Waals surface area contributed by atoms with E-state index in [1.165, 1.54) is 10.5 Å². The van der Waals surface area contributed by atoms with Gasteiger partial charge in [-0.3, -0.25) is 9.78 Å². The van der Waals surface area contributed by atoms with Crippen LogP contribution in [0.4, 0.5) is 0 Å². The maximum Gasteiger partial charge on any atom is 0.267 e. The molecule has 0 bridgehead atoms. The number of carbonyl (C=O) groups excluding carboxylic acids is 1. The minimum Gasteiger partial charge on any atom is -0.380 e. The molecule has 2 aromatic rings. The zero-order valence-corrected chi connectivity index (χ0v) is 20.1. The molecule has 2 aliphatic heterocycles. The van der Waals surface area contributed by atoms with Crippen LogP contribution in [0.25, 0.3) is 0 Å². The van der Waals surface area contributed by atoms with Gasteiger partial charge in [-0.2, -0.15) is 0 Å². The van der Waals surface area contributed by atoms with Crippen molar-refractivity contribution < 1.29 is 15.0 Å². The zero-order chi connectivity index (χ0) is 24.0. The molecule has 1 aromatic carbocycles. The first-order valence-corrected chi connectivity index (χ1v) is 11.5. The average Bonchev–Trinajstić information content (AvgIpc) is 3.04. The van der Waals surface area contributed by atoms with Crippen LogP contribution in [0.1, 0.15) is 55.4 Å². The minimum atomic E-state index is -1.67. The number of aromatic nitrogens is 1. The minimum absolute atomic E-state index is 0.277. The molecule has 0 aliphatic carbocycles. The maximum absolute atomic E-state index is 12.3. The zero-order valence-electron chi connectivity index (χ0n) is 20.1. The molecule has 0 radical (unpaired) electrons. The van der Waals surface area contributed by atoms with Gasteiger partial charge in [0.2, 0.25) is 5.60 Å². The standard InChI is InChI=1S/C27H33N3O3/c1-19(2)21-6-8-22(9-7-21)27(33,25(3)17-29(4)18-25)23-14-20(15-28-16-23)10-11-26(32)12-13-30(5)24(26)31/h6-9,14-16,19,32-33H,12-13,17-18H2,1-5H3/t26-,27-/m0/s1. The van der Waals surface area contributed by atoms with Gasteiger partial charge < -0.3 is 20.0 Å². The van der Waals surface area contributed by atoms with Crippen molar-refractivity contribution in [2.24, 2.45) is 5.41 Å². The van der Waals surface area contributed by atoms with Crippen LogP contribution in [-0.2, 0) is 10.4 Å². The summed E-state index contributed by atoms with van der Waals surface area (Å²) in [5.74, 6) is 5.70. The first-order valence-electron chi connectivity index (χ1n) is 11.5. The smallest absolute Gasteiger partial charge is 0.267 e. The summed E-state index contributed by atoms with van der Waals surface area (Å²) in [6.45, 7) is 8.35. The van der Waals surface area contributed by atoms with E-state index in [9.17, 15) is 15.0 Å². The molecule has 0 spiro atoms. The Morgan fingerprint density at radius 1 is 1.12 bits per heavy atom. The van der Waals surface area contributed by atoms with E-state index < -0.39 is 16.6 Å². The predicted molar refractivity (Wildman–Crippen MR) is 127 cm³/mol. The van der Waals surface area contributed by atoms with Crippen LogP contribution in [0.3, 0.4) is 0 Å². The summed E-state index contributed by atoms with van der Waals surface area (Å²) in [5, 5.41) is 22.9. The fourth-order valence-electron chi connectivity index (χ4n) is 5.20. The molecule has 1 amide bonds. The van der Waals surface area contributed by atoms with Crippen LogP contribution < -0.4 is 0 Å². The van der Waals surface area contributed by atoms with Crippen molar-refractivity contribution in [3.63, 3.8) is 0 Å². The van der Waals surface area contributed by atoms with Gasteiger partial charge in [-0.25, -0.2) is 0 Å². The molecule has 1 aromatic heterocycles. The molecule has 2 atom stereocenters. The fraction of sp³-hybridized carbons (Fsp3) is 0.481. The first-order chi connectivity index (χ1) is 15.5. The van der Waals surface area contributed by atoms with Crippen molar-refractivity contribution in [1.29, 1.82) is 0 Å². The molecule has 0 saturated carbocycles. The number of benzene rings is 1. The Balaban J connectivity index is 1.75. The Hall–Kier alpha value is -2.72. The molecule has 2 N–H and O–H groups in total. The van der Waals surface area contributed by atoms with Gasteiger partial charge >= 0.3 is 0 Å². The fourth-order valence-corrected chi connectivity index (χ4v) is 5.20. The summed E-state index contributed by atoms with van der Waals surface area (Å²) >= 11 is 0.